The maximum Gasteiger partial charge on any atom is 3.00 e. The normalized spacial score (nSPS) is 11.1. The molecule has 15 nitrogen and oxygen atoms in total. The summed E-state index contributed by atoms with van der Waals surface area (Å²) in [5.41, 5.74) is 0. The van der Waals surface area contributed by atoms with Gasteiger partial charge in [0.1, 0.15) is 0 Å². The molecule has 0 heterocycles. The standard InChI is InChI=1S/Al.3H2O5S/c;3*1-5-6(2,3)4/h;3*1H,(H,2,3,4)/q+3;;;/p-3. The summed E-state index contributed by atoms with van der Waals surface area (Å²) in [6, 6.07) is 0. The van der Waals surface area contributed by atoms with Gasteiger partial charge in [-0.25, -0.2) is 41.0 Å². The molecule has 0 aromatic rings. The number of rotatable bonds is 3. The number of hydrogen-bond acceptors (Lipinski definition) is 15. The first kappa shape index (κ1) is 27.4. The third kappa shape index (κ3) is 56.8. The molecule has 19 heteroatoms. The SMILES string of the molecule is O=S(=O)([O-])OO.O=S(=O)([O-])OO.O=S(=O)([O-])OO.[Al+3]. The fourth-order valence-electron chi connectivity index (χ4n) is 0. The Labute approximate surface area is 116 Å². The topological polar surface area (TPSA) is 260 Å². The van der Waals surface area contributed by atoms with Gasteiger partial charge in [-0.3, -0.25) is 0 Å². The summed E-state index contributed by atoms with van der Waals surface area (Å²) >= 11 is 0. The molecule has 0 aliphatic carbocycles. The van der Waals surface area contributed by atoms with E-state index >= 15 is 0 Å². The van der Waals surface area contributed by atoms with Crippen LogP contribution in [0, 0.1) is 0 Å². The Morgan fingerprint density at radius 1 is 0.579 bits per heavy atom. The molecule has 0 spiro atoms. The van der Waals surface area contributed by atoms with Gasteiger partial charge in [0, 0.05) is 0 Å². The fourth-order valence-corrected chi connectivity index (χ4v) is 0. The van der Waals surface area contributed by atoms with E-state index in [1.807, 2.05) is 0 Å². The molecule has 3 N–H and O–H groups in total. The van der Waals surface area contributed by atoms with Crippen molar-refractivity contribution in [3.8, 4) is 0 Å². The van der Waals surface area contributed by atoms with Gasteiger partial charge in [-0.1, -0.05) is 0 Å². The van der Waals surface area contributed by atoms with Crippen LogP contribution in [0.2, 0.25) is 0 Å². The maximum atomic E-state index is 8.97. The predicted molar refractivity (Wildman–Crippen MR) is 46.0 cm³/mol. The average molecular weight is 366 g/mol. The molecule has 0 radical (unpaired) electrons. The minimum Gasteiger partial charge on any atom is -0.724 e. The van der Waals surface area contributed by atoms with E-state index < -0.39 is 31.2 Å². The van der Waals surface area contributed by atoms with Crippen molar-refractivity contribution < 1.29 is 67.7 Å². The monoisotopic (exact) mass is 366 g/mol. The minimum absolute atomic E-state index is 0. The molecule has 0 atom stereocenters. The third-order valence-corrected chi connectivity index (χ3v) is 0.822. The van der Waals surface area contributed by atoms with Crippen molar-refractivity contribution in [2.24, 2.45) is 0 Å². The van der Waals surface area contributed by atoms with Crippen molar-refractivity contribution in [1.29, 1.82) is 0 Å². The Morgan fingerprint density at radius 3 is 0.632 bits per heavy atom. The van der Waals surface area contributed by atoms with E-state index in [2.05, 4.69) is 13.0 Å². The van der Waals surface area contributed by atoms with Crippen LogP contribution in [0.4, 0.5) is 0 Å². The first-order valence-electron chi connectivity index (χ1n) is 2.55. The van der Waals surface area contributed by atoms with Crippen LogP contribution in [0.3, 0.4) is 0 Å². The van der Waals surface area contributed by atoms with Crippen molar-refractivity contribution in [2.75, 3.05) is 0 Å². The first-order chi connectivity index (χ1) is 7.68. The van der Waals surface area contributed by atoms with Gasteiger partial charge in [-0.2, -0.15) is 0 Å². The van der Waals surface area contributed by atoms with Crippen LogP contribution in [0.1, 0.15) is 0 Å². The van der Waals surface area contributed by atoms with Crippen LogP contribution in [-0.4, -0.2) is 72.0 Å². The van der Waals surface area contributed by atoms with Gasteiger partial charge < -0.3 is 13.7 Å². The van der Waals surface area contributed by atoms with Crippen LogP contribution in [0.5, 0.6) is 0 Å². The quantitative estimate of drug-likeness (QED) is 0.143. The zero-order valence-electron chi connectivity index (χ0n) is 8.04. The molecule has 0 bridgehead atoms. The first-order valence-corrected chi connectivity index (χ1v) is 6.55. The molecular formula is H3AlO15S3. The molecular weight excluding hydrogens is 363 g/mol. The van der Waals surface area contributed by atoms with Crippen molar-refractivity contribution in [2.45, 2.75) is 0 Å². The molecule has 0 saturated carbocycles. The summed E-state index contributed by atoms with van der Waals surface area (Å²) in [7, 11) is -14.6. The summed E-state index contributed by atoms with van der Waals surface area (Å²) in [5.74, 6) is 0. The van der Waals surface area contributed by atoms with Crippen molar-refractivity contribution in [1.82, 2.24) is 0 Å². The van der Waals surface area contributed by atoms with E-state index in [9.17, 15) is 0 Å². The largest absolute Gasteiger partial charge is 3.00 e. The Hall–Kier alpha value is 0.0225. The second-order valence-electron chi connectivity index (χ2n) is 1.45. The third-order valence-electron chi connectivity index (χ3n) is 0.274. The van der Waals surface area contributed by atoms with Gasteiger partial charge in [0.25, 0.3) is 0 Å². The molecule has 114 valence electrons. The summed E-state index contributed by atoms with van der Waals surface area (Å²) in [6.07, 6.45) is 0. The van der Waals surface area contributed by atoms with E-state index in [4.69, 9.17) is 54.7 Å². The van der Waals surface area contributed by atoms with Gasteiger partial charge in [0.05, 0.1) is 0 Å². The molecule has 0 aliphatic heterocycles. The molecule has 0 unspecified atom stereocenters. The molecule has 0 fully saturated rings. The molecule has 19 heavy (non-hydrogen) atoms. The summed E-state index contributed by atoms with van der Waals surface area (Å²) in [5, 5.41) is 21.0. The fraction of sp³-hybridized carbons (Fsp3) is 0. The smallest absolute Gasteiger partial charge is 0.724 e. The van der Waals surface area contributed by atoms with Crippen molar-refractivity contribution in [3.05, 3.63) is 0 Å². The number of hydrogen-bond donors (Lipinski definition) is 3. The second-order valence-corrected chi connectivity index (χ2v) is 4.35. The summed E-state index contributed by atoms with van der Waals surface area (Å²) in [6.45, 7) is 0. The van der Waals surface area contributed by atoms with Crippen LogP contribution < -0.4 is 0 Å². The predicted octanol–water partition coefficient (Wildman–Crippen LogP) is -3.57. The zero-order valence-corrected chi connectivity index (χ0v) is 11.6. The Bertz CT molecular complexity index is 399. The van der Waals surface area contributed by atoms with Gasteiger partial charge in [-0.05, 0) is 0 Å². The van der Waals surface area contributed by atoms with Crippen LogP contribution in [-0.2, 0) is 44.2 Å². The zero-order chi connectivity index (χ0) is 15.6. The summed E-state index contributed by atoms with van der Waals surface area (Å²) < 4.78 is 87.8. The maximum absolute atomic E-state index is 8.97. The minimum atomic E-state index is -4.86. The van der Waals surface area contributed by atoms with Gasteiger partial charge in [-0.15, -0.1) is 13.0 Å². The van der Waals surface area contributed by atoms with Crippen LogP contribution in [0.25, 0.3) is 0 Å². The van der Waals surface area contributed by atoms with Gasteiger partial charge >= 0.3 is 17.4 Å². The van der Waals surface area contributed by atoms with E-state index in [1.54, 1.807) is 0 Å². The Kier molecular flexibility index (Phi) is 17.0. The van der Waals surface area contributed by atoms with E-state index in [-0.39, 0.29) is 17.4 Å². The van der Waals surface area contributed by atoms with Crippen molar-refractivity contribution in [3.63, 3.8) is 0 Å². The summed E-state index contributed by atoms with van der Waals surface area (Å²) in [4.78, 5) is 0. The van der Waals surface area contributed by atoms with Gasteiger partial charge in [0.2, 0.25) is 31.2 Å². The van der Waals surface area contributed by atoms with E-state index in [0.717, 1.165) is 0 Å². The molecule has 0 aromatic heterocycles. The Balaban J connectivity index is -0.0000000865. The second kappa shape index (κ2) is 11.8. The van der Waals surface area contributed by atoms with E-state index in [0.29, 0.717) is 0 Å². The van der Waals surface area contributed by atoms with E-state index in [1.165, 1.54) is 0 Å². The van der Waals surface area contributed by atoms with Crippen LogP contribution >= 0.6 is 0 Å². The molecule has 0 saturated heterocycles. The molecule has 0 aromatic carbocycles. The van der Waals surface area contributed by atoms with Crippen LogP contribution in [0.15, 0.2) is 0 Å². The molecule has 0 amide bonds. The van der Waals surface area contributed by atoms with Gasteiger partial charge in [0.15, 0.2) is 0 Å². The Morgan fingerprint density at radius 2 is 0.632 bits per heavy atom. The van der Waals surface area contributed by atoms with Crippen molar-refractivity contribution >= 4 is 48.6 Å². The average Bonchev–Trinajstić information content (AvgIpc) is 2.16. The molecule has 0 rings (SSSR count). The molecule has 0 aliphatic rings.